The quantitative estimate of drug-likeness (QED) is 0.536. The second-order valence-electron chi connectivity index (χ2n) is 8.98. The van der Waals surface area contributed by atoms with Crippen LogP contribution in [0.4, 0.5) is 0 Å². The van der Waals surface area contributed by atoms with E-state index in [9.17, 15) is 4.79 Å². The molecule has 2 saturated heterocycles. The number of guanidine groups is 1. The highest BCUT2D eigenvalue weighted by molar-refractivity contribution is 5.80. The molecule has 31 heavy (non-hydrogen) atoms. The maximum atomic E-state index is 11.6. The van der Waals surface area contributed by atoms with Gasteiger partial charge in [0, 0.05) is 59.8 Å². The molecular formula is C24H39N5O2. The highest BCUT2D eigenvalue weighted by Gasteiger charge is 2.23. The normalized spacial score (nSPS) is 23.6. The van der Waals surface area contributed by atoms with E-state index in [0.717, 1.165) is 58.1 Å². The summed E-state index contributed by atoms with van der Waals surface area (Å²) in [7, 11) is 3.55. The van der Waals surface area contributed by atoms with Crippen LogP contribution in [0.1, 0.15) is 44.2 Å². The molecule has 2 fully saturated rings. The van der Waals surface area contributed by atoms with Gasteiger partial charge in [-0.25, -0.2) is 0 Å². The molecule has 1 aromatic carbocycles. The zero-order valence-electron chi connectivity index (χ0n) is 19.6. The Hall–Kier alpha value is -2.12. The van der Waals surface area contributed by atoms with Crippen LogP contribution in [0.15, 0.2) is 29.3 Å². The van der Waals surface area contributed by atoms with Crippen LogP contribution in [0.25, 0.3) is 0 Å². The summed E-state index contributed by atoms with van der Waals surface area (Å²) in [6.45, 7) is 9.89. The molecule has 0 aliphatic carbocycles. The van der Waals surface area contributed by atoms with Crippen molar-refractivity contribution in [2.24, 2.45) is 10.9 Å². The first-order valence-electron chi connectivity index (χ1n) is 11.6. The first-order chi connectivity index (χ1) is 15.0. The Morgan fingerprint density at radius 1 is 1.10 bits per heavy atom. The number of hydrogen-bond donors (Lipinski definition) is 2. The number of nitrogens with zero attached hydrogens (tertiary/aromatic N) is 3. The fourth-order valence-corrected chi connectivity index (χ4v) is 4.66. The van der Waals surface area contributed by atoms with E-state index in [4.69, 9.17) is 4.74 Å². The van der Waals surface area contributed by atoms with Gasteiger partial charge in [0.1, 0.15) is 0 Å². The van der Waals surface area contributed by atoms with Crippen LogP contribution >= 0.6 is 0 Å². The van der Waals surface area contributed by atoms with Gasteiger partial charge in [-0.3, -0.25) is 14.7 Å². The topological polar surface area (TPSA) is 69.2 Å². The van der Waals surface area contributed by atoms with Crippen LogP contribution in [-0.4, -0.2) is 74.1 Å². The lowest BCUT2D eigenvalue weighted by Crippen LogP contribution is -2.45. The van der Waals surface area contributed by atoms with Crippen molar-refractivity contribution in [3.63, 3.8) is 0 Å². The Morgan fingerprint density at radius 2 is 1.71 bits per heavy atom. The molecule has 0 aromatic heterocycles. The van der Waals surface area contributed by atoms with E-state index < -0.39 is 0 Å². The third kappa shape index (κ3) is 7.21. The Labute approximate surface area is 187 Å². The van der Waals surface area contributed by atoms with Crippen LogP contribution in [0.5, 0.6) is 0 Å². The second kappa shape index (κ2) is 11.5. The van der Waals surface area contributed by atoms with Crippen LogP contribution in [0.3, 0.4) is 0 Å². The summed E-state index contributed by atoms with van der Waals surface area (Å²) in [6, 6.07) is 8.88. The largest absolute Gasteiger partial charge is 0.373 e. The monoisotopic (exact) mass is 429 g/mol. The molecule has 7 heteroatoms. The Kier molecular flexibility index (Phi) is 8.72. The number of hydrogen-bond acceptors (Lipinski definition) is 4. The number of carbonyl (C=O) groups excluding carboxylic acids is 1. The van der Waals surface area contributed by atoms with Crippen LogP contribution in [0, 0.1) is 5.92 Å². The molecule has 0 spiro atoms. The molecule has 0 saturated carbocycles. The molecule has 172 valence electrons. The number of nitrogens with one attached hydrogen (secondary N) is 2. The number of piperidine rings is 1. The maximum absolute atomic E-state index is 11.6. The van der Waals surface area contributed by atoms with Gasteiger partial charge in [0.25, 0.3) is 0 Å². The number of aliphatic imine (C=N–C) groups is 1. The van der Waals surface area contributed by atoms with Gasteiger partial charge < -0.3 is 20.3 Å². The average molecular weight is 430 g/mol. The predicted octanol–water partition coefficient (Wildman–Crippen LogP) is 2.22. The number of amides is 1. The van der Waals surface area contributed by atoms with Crippen molar-refractivity contribution >= 4 is 11.9 Å². The van der Waals surface area contributed by atoms with Gasteiger partial charge in [0.05, 0.1) is 12.2 Å². The smallest absolute Gasteiger partial charge is 0.220 e. The van der Waals surface area contributed by atoms with Crippen molar-refractivity contribution in [2.45, 2.75) is 58.4 Å². The van der Waals surface area contributed by atoms with Gasteiger partial charge in [-0.1, -0.05) is 24.3 Å². The summed E-state index contributed by atoms with van der Waals surface area (Å²) < 4.78 is 5.83. The summed E-state index contributed by atoms with van der Waals surface area (Å²) in [4.78, 5) is 20.9. The van der Waals surface area contributed by atoms with Crippen molar-refractivity contribution < 1.29 is 9.53 Å². The summed E-state index contributed by atoms with van der Waals surface area (Å²) in [6.07, 6.45) is 3.29. The summed E-state index contributed by atoms with van der Waals surface area (Å²) >= 11 is 0. The molecule has 2 aliphatic heterocycles. The maximum Gasteiger partial charge on any atom is 0.220 e. The average Bonchev–Trinajstić information content (AvgIpc) is 2.75. The van der Waals surface area contributed by atoms with E-state index in [2.05, 4.69) is 63.5 Å². The lowest BCUT2D eigenvalue weighted by Gasteiger charge is -2.35. The van der Waals surface area contributed by atoms with Crippen molar-refractivity contribution in [3.8, 4) is 0 Å². The Balaban J connectivity index is 1.44. The Morgan fingerprint density at radius 3 is 2.29 bits per heavy atom. The minimum Gasteiger partial charge on any atom is -0.373 e. The molecule has 1 aromatic rings. The van der Waals surface area contributed by atoms with Crippen molar-refractivity contribution in [1.82, 2.24) is 20.4 Å². The molecule has 2 aliphatic rings. The number of likely N-dealkylation sites (tertiary alicyclic amines) is 1. The van der Waals surface area contributed by atoms with Gasteiger partial charge >= 0.3 is 0 Å². The number of carbonyl (C=O) groups is 1. The molecule has 2 unspecified atom stereocenters. The van der Waals surface area contributed by atoms with Crippen molar-refractivity contribution in [3.05, 3.63) is 35.4 Å². The van der Waals surface area contributed by atoms with Gasteiger partial charge in [-0.2, -0.15) is 0 Å². The minimum atomic E-state index is 0.141. The molecular weight excluding hydrogens is 390 g/mol. The van der Waals surface area contributed by atoms with E-state index in [1.54, 1.807) is 7.05 Å². The van der Waals surface area contributed by atoms with Gasteiger partial charge in [-0.15, -0.1) is 0 Å². The molecule has 2 heterocycles. The third-order valence-corrected chi connectivity index (χ3v) is 6.25. The Bertz CT molecular complexity index is 718. The lowest BCUT2D eigenvalue weighted by atomic mass is 9.93. The van der Waals surface area contributed by atoms with E-state index in [0.29, 0.717) is 24.5 Å². The predicted molar refractivity (Wildman–Crippen MR) is 125 cm³/mol. The van der Waals surface area contributed by atoms with E-state index >= 15 is 0 Å². The molecule has 2 N–H and O–H groups in total. The fourth-order valence-electron chi connectivity index (χ4n) is 4.66. The zero-order valence-corrected chi connectivity index (χ0v) is 19.6. The number of ether oxygens (including phenoxy) is 1. The van der Waals surface area contributed by atoms with Crippen LogP contribution < -0.4 is 10.6 Å². The summed E-state index contributed by atoms with van der Waals surface area (Å²) in [5, 5.41) is 6.23. The zero-order chi connectivity index (χ0) is 22.2. The number of rotatable bonds is 6. The molecule has 1 amide bonds. The van der Waals surface area contributed by atoms with Crippen LogP contribution in [0.2, 0.25) is 0 Å². The minimum absolute atomic E-state index is 0.141. The molecule has 0 bridgehead atoms. The summed E-state index contributed by atoms with van der Waals surface area (Å²) in [5.74, 6) is 1.56. The van der Waals surface area contributed by atoms with Gasteiger partial charge in [-0.05, 0) is 43.7 Å². The van der Waals surface area contributed by atoms with Gasteiger partial charge in [0.15, 0.2) is 5.96 Å². The first kappa shape index (κ1) is 23.5. The number of morpholine rings is 1. The molecule has 3 rings (SSSR count). The lowest BCUT2D eigenvalue weighted by molar-refractivity contribution is -0.121. The van der Waals surface area contributed by atoms with E-state index in [1.165, 1.54) is 11.1 Å². The standard InChI is InChI=1S/C24H39N5O2/c1-18-15-28(16-19(2)31-18)17-22-7-5-21(6-8-22)14-27-24(26-4)29-11-9-20(10-12-29)13-23(30)25-3/h5-8,18-20H,9-17H2,1-4H3,(H,25,30)(H,26,27). The third-order valence-electron chi connectivity index (χ3n) is 6.25. The molecule has 7 nitrogen and oxygen atoms in total. The van der Waals surface area contributed by atoms with Crippen LogP contribution in [-0.2, 0) is 22.6 Å². The molecule has 2 atom stereocenters. The van der Waals surface area contributed by atoms with Gasteiger partial charge in [0.2, 0.25) is 5.91 Å². The highest BCUT2D eigenvalue weighted by atomic mass is 16.5. The fraction of sp³-hybridized carbons (Fsp3) is 0.667. The van der Waals surface area contributed by atoms with E-state index in [1.807, 2.05) is 7.05 Å². The SMILES string of the molecule is CN=C(NCc1ccc(CN2CC(C)OC(C)C2)cc1)N1CCC(CC(=O)NC)CC1. The van der Waals surface area contributed by atoms with E-state index in [-0.39, 0.29) is 5.91 Å². The summed E-state index contributed by atoms with van der Waals surface area (Å²) in [5.41, 5.74) is 2.59. The highest BCUT2D eigenvalue weighted by Crippen LogP contribution is 2.20. The number of benzene rings is 1. The first-order valence-corrected chi connectivity index (χ1v) is 11.6. The second-order valence-corrected chi connectivity index (χ2v) is 8.98. The van der Waals surface area contributed by atoms with Crippen molar-refractivity contribution in [1.29, 1.82) is 0 Å². The van der Waals surface area contributed by atoms with Crippen molar-refractivity contribution in [2.75, 3.05) is 40.3 Å². The molecule has 0 radical (unpaired) electrons.